The highest BCUT2D eigenvalue weighted by atomic mass is 32.1. The lowest BCUT2D eigenvalue weighted by molar-refractivity contribution is -0.140. The maximum absolute atomic E-state index is 11.9. The van der Waals surface area contributed by atoms with Gasteiger partial charge in [0, 0.05) is 32.1 Å². The minimum Gasteiger partial charge on any atom is -0.340 e. The number of amides is 1. The highest BCUT2D eigenvalue weighted by Crippen LogP contribution is 2.28. The van der Waals surface area contributed by atoms with Gasteiger partial charge in [-0.2, -0.15) is 12.6 Å². The summed E-state index contributed by atoms with van der Waals surface area (Å²) in [4.78, 5) is 16.3. The molecule has 1 aliphatic carbocycles. The van der Waals surface area contributed by atoms with Gasteiger partial charge in [0.05, 0.1) is 5.37 Å². The van der Waals surface area contributed by atoms with E-state index in [1.165, 1.54) is 6.42 Å². The molecular weight excluding hydrogens is 208 g/mol. The summed E-state index contributed by atoms with van der Waals surface area (Å²) in [6, 6.07) is 0. The first-order valence-corrected chi connectivity index (χ1v) is 6.41. The summed E-state index contributed by atoms with van der Waals surface area (Å²) in [5, 5.41) is 0.311. The average Bonchev–Trinajstić information content (AvgIpc) is 2.15. The third-order valence-electron chi connectivity index (χ3n) is 3.61. The molecule has 1 amide bonds. The second kappa shape index (κ2) is 4.74. The van der Waals surface area contributed by atoms with Gasteiger partial charge in [-0.25, -0.2) is 0 Å². The lowest BCUT2D eigenvalue weighted by Crippen LogP contribution is -2.52. The Morgan fingerprint density at radius 1 is 1.27 bits per heavy atom. The SMILES string of the molecule is CC(S)N1CCN(C(=O)C2CCC2)CC1. The minimum absolute atomic E-state index is 0.311. The molecule has 1 atom stereocenters. The first kappa shape index (κ1) is 11.3. The summed E-state index contributed by atoms with van der Waals surface area (Å²) in [5.74, 6) is 0.748. The Kier molecular flexibility index (Phi) is 3.57. The fourth-order valence-electron chi connectivity index (χ4n) is 2.23. The van der Waals surface area contributed by atoms with E-state index in [2.05, 4.69) is 24.5 Å². The van der Waals surface area contributed by atoms with E-state index in [0.717, 1.165) is 39.0 Å². The fourth-order valence-corrected chi connectivity index (χ4v) is 2.46. The molecule has 0 bridgehead atoms. The summed E-state index contributed by atoms with van der Waals surface area (Å²) >= 11 is 4.42. The van der Waals surface area contributed by atoms with Crippen LogP contribution < -0.4 is 0 Å². The summed E-state index contributed by atoms with van der Waals surface area (Å²) in [5.41, 5.74) is 0. The average molecular weight is 228 g/mol. The van der Waals surface area contributed by atoms with Crippen molar-refractivity contribution in [3.05, 3.63) is 0 Å². The molecule has 0 aromatic rings. The van der Waals surface area contributed by atoms with Crippen molar-refractivity contribution >= 4 is 18.5 Å². The van der Waals surface area contributed by atoms with Gasteiger partial charge in [0.15, 0.2) is 0 Å². The normalized spacial score (nSPS) is 26.1. The van der Waals surface area contributed by atoms with Gasteiger partial charge in [-0.1, -0.05) is 6.42 Å². The second-order valence-electron chi connectivity index (χ2n) is 4.62. The first-order chi connectivity index (χ1) is 7.18. The number of nitrogens with zero attached hydrogens (tertiary/aromatic N) is 2. The van der Waals surface area contributed by atoms with Crippen molar-refractivity contribution in [2.75, 3.05) is 26.2 Å². The first-order valence-electron chi connectivity index (χ1n) is 5.89. The summed E-state index contributed by atoms with van der Waals surface area (Å²) in [6.45, 7) is 5.82. The molecule has 1 unspecified atom stereocenters. The monoisotopic (exact) mass is 228 g/mol. The molecule has 0 spiro atoms. The van der Waals surface area contributed by atoms with Crippen LogP contribution in [0.15, 0.2) is 0 Å². The van der Waals surface area contributed by atoms with Crippen LogP contribution in [-0.4, -0.2) is 47.3 Å². The van der Waals surface area contributed by atoms with E-state index in [9.17, 15) is 4.79 Å². The number of rotatable bonds is 2. The van der Waals surface area contributed by atoms with Gasteiger partial charge in [-0.3, -0.25) is 9.69 Å². The molecular formula is C11H20N2OS. The van der Waals surface area contributed by atoms with Crippen LogP contribution in [0.3, 0.4) is 0 Å². The van der Waals surface area contributed by atoms with Crippen LogP contribution in [0.5, 0.6) is 0 Å². The van der Waals surface area contributed by atoms with Crippen LogP contribution in [0.4, 0.5) is 0 Å². The summed E-state index contributed by atoms with van der Waals surface area (Å²) in [7, 11) is 0. The third kappa shape index (κ3) is 2.48. The molecule has 3 nitrogen and oxygen atoms in total. The number of hydrogen-bond donors (Lipinski definition) is 1. The van der Waals surface area contributed by atoms with Crippen LogP contribution in [0.2, 0.25) is 0 Å². The van der Waals surface area contributed by atoms with Gasteiger partial charge < -0.3 is 4.90 Å². The minimum atomic E-state index is 0.311. The van der Waals surface area contributed by atoms with E-state index in [4.69, 9.17) is 0 Å². The molecule has 0 radical (unpaired) electrons. The van der Waals surface area contributed by atoms with Crippen molar-refractivity contribution in [1.29, 1.82) is 0 Å². The largest absolute Gasteiger partial charge is 0.340 e. The van der Waals surface area contributed by atoms with Crippen LogP contribution >= 0.6 is 12.6 Å². The van der Waals surface area contributed by atoms with E-state index in [0.29, 0.717) is 17.2 Å². The standard InChI is InChI=1S/C11H20N2OS/c1-9(15)12-5-7-13(8-6-12)11(14)10-3-2-4-10/h9-10,15H,2-8H2,1H3. The van der Waals surface area contributed by atoms with Gasteiger partial charge in [-0.05, 0) is 19.8 Å². The summed E-state index contributed by atoms with van der Waals surface area (Å²) in [6.07, 6.45) is 3.47. The highest BCUT2D eigenvalue weighted by Gasteiger charge is 2.31. The molecule has 0 aromatic carbocycles. The van der Waals surface area contributed by atoms with Gasteiger partial charge in [0.25, 0.3) is 0 Å². The Morgan fingerprint density at radius 2 is 1.87 bits per heavy atom. The Bertz CT molecular complexity index is 233. The van der Waals surface area contributed by atoms with Gasteiger partial charge >= 0.3 is 0 Å². The zero-order chi connectivity index (χ0) is 10.8. The Labute approximate surface area is 97.2 Å². The number of carbonyl (C=O) groups excluding carboxylic acids is 1. The molecule has 1 aliphatic heterocycles. The highest BCUT2D eigenvalue weighted by molar-refractivity contribution is 7.80. The maximum Gasteiger partial charge on any atom is 0.225 e. The van der Waals surface area contributed by atoms with Gasteiger partial charge in [0.1, 0.15) is 0 Å². The van der Waals surface area contributed by atoms with Crippen LogP contribution in [0, 0.1) is 5.92 Å². The quantitative estimate of drug-likeness (QED) is 0.718. The number of carbonyl (C=O) groups is 1. The van der Waals surface area contributed by atoms with Crippen molar-refractivity contribution < 1.29 is 4.79 Å². The molecule has 15 heavy (non-hydrogen) atoms. The smallest absolute Gasteiger partial charge is 0.225 e. The van der Waals surface area contributed by atoms with Crippen molar-refractivity contribution in [3.8, 4) is 0 Å². The van der Waals surface area contributed by atoms with E-state index in [1.54, 1.807) is 0 Å². The van der Waals surface area contributed by atoms with Crippen molar-refractivity contribution in [2.24, 2.45) is 5.92 Å². The second-order valence-corrected chi connectivity index (χ2v) is 5.37. The fraction of sp³-hybridized carbons (Fsp3) is 0.909. The molecule has 1 heterocycles. The molecule has 0 N–H and O–H groups in total. The lowest BCUT2D eigenvalue weighted by Gasteiger charge is -2.39. The van der Waals surface area contributed by atoms with Crippen LogP contribution in [0.25, 0.3) is 0 Å². The third-order valence-corrected chi connectivity index (χ3v) is 3.94. The predicted molar refractivity (Wildman–Crippen MR) is 63.9 cm³/mol. The van der Waals surface area contributed by atoms with Crippen LogP contribution in [-0.2, 0) is 4.79 Å². The van der Waals surface area contributed by atoms with Gasteiger partial charge in [-0.15, -0.1) is 0 Å². The van der Waals surface area contributed by atoms with E-state index in [-0.39, 0.29) is 0 Å². The van der Waals surface area contributed by atoms with Gasteiger partial charge in [0.2, 0.25) is 5.91 Å². The molecule has 86 valence electrons. The van der Waals surface area contributed by atoms with Crippen molar-refractivity contribution in [3.63, 3.8) is 0 Å². The van der Waals surface area contributed by atoms with Crippen molar-refractivity contribution in [2.45, 2.75) is 31.6 Å². The molecule has 0 aromatic heterocycles. The number of piperazine rings is 1. The maximum atomic E-state index is 11.9. The van der Waals surface area contributed by atoms with E-state index < -0.39 is 0 Å². The topological polar surface area (TPSA) is 23.6 Å². The molecule has 2 fully saturated rings. The Morgan fingerprint density at radius 3 is 2.27 bits per heavy atom. The van der Waals surface area contributed by atoms with E-state index >= 15 is 0 Å². The number of thiol groups is 1. The lowest BCUT2D eigenvalue weighted by atomic mass is 9.84. The predicted octanol–water partition coefficient (Wildman–Crippen LogP) is 1.21. The van der Waals surface area contributed by atoms with E-state index in [1.807, 2.05) is 4.90 Å². The molecule has 2 aliphatic rings. The molecule has 1 saturated heterocycles. The Hall–Kier alpha value is -0.220. The van der Waals surface area contributed by atoms with Crippen LogP contribution in [0.1, 0.15) is 26.2 Å². The molecule has 2 rings (SSSR count). The molecule has 4 heteroatoms. The zero-order valence-electron chi connectivity index (χ0n) is 9.35. The van der Waals surface area contributed by atoms with Crippen molar-refractivity contribution in [1.82, 2.24) is 9.80 Å². The molecule has 1 saturated carbocycles. The Balaban J connectivity index is 1.79. The number of hydrogen-bond acceptors (Lipinski definition) is 3. The zero-order valence-corrected chi connectivity index (χ0v) is 10.2. The summed E-state index contributed by atoms with van der Waals surface area (Å²) < 4.78 is 0.